The monoisotopic (exact) mass is 325 g/mol. The van der Waals surface area contributed by atoms with Crippen LogP contribution >= 0.6 is 11.8 Å². The second-order valence-corrected chi connectivity index (χ2v) is 5.65. The molecule has 0 saturated carbocycles. The zero-order valence-electron chi connectivity index (χ0n) is 12.5. The average Bonchev–Trinajstić information content (AvgIpc) is 3.05. The third-order valence-electron chi connectivity index (χ3n) is 3.23. The molecule has 0 fully saturated rings. The van der Waals surface area contributed by atoms with Gasteiger partial charge in [0.05, 0.1) is 12.9 Å². The van der Waals surface area contributed by atoms with Crippen molar-refractivity contribution in [1.82, 2.24) is 14.8 Å². The van der Waals surface area contributed by atoms with Crippen molar-refractivity contribution in [3.8, 4) is 17.1 Å². The first-order chi connectivity index (χ1) is 11.3. The summed E-state index contributed by atoms with van der Waals surface area (Å²) < 4.78 is 6.64. The lowest BCUT2D eigenvalue weighted by atomic mass is 10.2. The number of hydrogen-bond acceptors (Lipinski definition) is 5. The van der Waals surface area contributed by atoms with E-state index in [1.165, 1.54) is 18.9 Å². The lowest BCUT2D eigenvalue weighted by molar-refractivity contribution is -0.137. The standard InChI is InChI=1S/C17H15N3O2S/c1-22-15(21)12-23-17-19-18-16(13-8-4-2-5-9-13)20(17)14-10-6-3-7-11-14/h2-11H,12H2,1H3. The summed E-state index contributed by atoms with van der Waals surface area (Å²) in [7, 11) is 1.38. The Morgan fingerprint density at radius 3 is 2.35 bits per heavy atom. The van der Waals surface area contributed by atoms with Crippen LogP contribution in [0.2, 0.25) is 0 Å². The first kappa shape index (κ1) is 15.3. The lowest BCUT2D eigenvalue weighted by Crippen LogP contribution is -2.05. The Labute approximate surface area is 138 Å². The molecule has 5 nitrogen and oxygen atoms in total. The zero-order chi connectivity index (χ0) is 16.1. The molecule has 1 aromatic heterocycles. The third kappa shape index (κ3) is 3.43. The predicted molar refractivity (Wildman–Crippen MR) is 89.5 cm³/mol. The molecule has 0 aliphatic heterocycles. The van der Waals surface area contributed by atoms with E-state index >= 15 is 0 Å². The molecule has 0 radical (unpaired) electrons. The van der Waals surface area contributed by atoms with Crippen LogP contribution in [0, 0.1) is 0 Å². The molecule has 0 aliphatic carbocycles. The van der Waals surface area contributed by atoms with Crippen molar-refractivity contribution >= 4 is 17.7 Å². The van der Waals surface area contributed by atoms with Crippen LogP contribution in [0.3, 0.4) is 0 Å². The quantitative estimate of drug-likeness (QED) is 0.532. The maximum absolute atomic E-state index is 11.4. The molecule has 0 amide bonds. The number of para-hydroxylation sites is 1. The molecule has 23 heavy (non-hydrogen) atoms. The molecular formula is C17H15N3O2S. The maximum atomic E-state index is 11.4. The van der Waals surface area contributed by atoms with Crippen molar-refractivity contribution in [2.45, 2.75) is 5.16 Å². The Morgan fingerprint density at radius 1 is 1.04 bits per heavy atom. The van der Waals surface area contributed by atoms with E-state index < -0.39 is 0 Å². The topological polar surface area (TPSA) is 57.0 Å². The molecule has 0 aliphatic rings. The highest BCUT2D eigenvalue weighted by Crippen LogP contribution is 2.27. The van der Waals surface area contributed by atoms with Crippen LogP contribution in [0.15, 0.2) is 65.8 Å². The zero-order valence-corrected chi connectivity index (χ0v) is 13.4. The minimum Gasteiger partial charge on any atom is -0.468 e. The van der Waals surface area contributed by atoms with Gasteiger partial charge in [-0.1, -0.05) is 60.3 Å². The molecule has 0 atom stereocenters. The fraction of sp³-hybridized carbons (Fsp3) is 0.118. The van der Waals surface area contributed by atoms with Crippen molar-refractivity contribution in [3.63, 3.8) is 0 Å². The number of aromatic nitrogens is 3. The van der Waals surface area contributed by atoms with Gasteiger partial charge in [0, 0.05) is 11.3 Å². The Kier molecular flexibility index (Phi) is 4.73. The number of hydrogen-bond donors (Lipinski definition) is 0. The van der Waals surface area contributed by atoms with Crippen molar-refractivity contribution in [1.29, 1.82) is 0 Å². The van der Waals surface area contributed by atoms with E-state index in [1.54, 1.807) is 0 Å². The van der Waals surface area contributed by atoms with Gasteiger partial charge in [0.2, 0.25) is 0 Å². The second kappa shape index (κ2) is 7.11. The number of methoxy groups -OCH3 is 1. The van der Waals surface area contributed by atoms with Crippen LogP contribution in [-0.4, -0.2) is 33.6 Å². The summed E-state index contributed by atoms with van der Waals surface area (Å²) in [6.07, 6.45) is 0. The Morgan fingerprint density at radius 2 is 1.70 bits per heavy atom. The Balaban J connectivity index is 2.04. The van der Waals surface area contributed by atoms with Crippen LogP contribution in [0.4, 0.5) is 0 Å². The molecule has 3 rings (SSSR count). The van der Waals surface area contributed by atoms with Crippen molar-refractivity contribution in [2.75, 3.05) is 12.9 Å². The van der Waals surface area contributed by atoms with E-state index in [0.717, 1.165) is 17.1 Å². The normalized spacial score (nSPS) is 10.5. The molecule has 0 bridgehead atoms. The number of ether oxygens (including phenoxy) is 1. The summed E-state index contributed by atoms with van der Waals surface area (Å²) in [6, 6.07) is 19.7. The summed E-state index contributed by atoms with van der Waals surface area (Å²) >= 11 is 1.30. The molecule has 0 N–H and O–H groups in total. The molecule has 0 unspecified atom stereocenters. The van der Waals surface area contributed by atoms with Gasteiger partial charge >= 0.3 is 5.97 Å². The van der Waals surface area contributed by atoms with E-state index in [0.29, 0.717) is 5.16 Å². The van der Waals surface area contributed by atoms with Gasteiger partial charge < -0.3 is 4.74 Å². The molecule has 2 aromatic carbocycles. The molecule has 6 heteroatoms. The SMILES string of the molecule is COC(=O)CSc1nnc(-c2ccccc2)n1-c1ccccc1. The number of thioether (sulfide) groups is 1. The van der Waals surface area contributed by atoms with Gasteiger partial charge in [-0.2, -0.15) is 0 Å². The number of carbonyl (C=O) groups excluding carboxylic acids is 1. The minimum atomic E-state index is -0.293. The van der Waals surface area contributed by atoms with E-state index in [9.17, 15) is 4.79 Å². The molecule has 0 spiro atoms. The lowest BCUT2D eigenvalue weighted by Gasteiger charge is -2.09. The van der Waals surface area contributed by atoms with Gasteiger partial charge in [-0.15, -0.1) is 10.2 Å². The molecule has 3 aromatic rings. The number of carbonyl (C=O) groups is 1. The summed E-state index contributed by atoms with van der Waals surface area (Å²) in [5, 5.41) is 9.20. The Hall–Kier alpha value is -2.60. The van der Waals surface area contributed by atoms with Crippen LogP contribution in [0.1, 0.15) is 0 Å². The number of esters is 1. The number of rotatable bonds is 5. The summed E-state index contributed by atoms with van der Waals surface area (Å²) in [5.41, 5.74) is 1.91. The van der Waals surface area contributed by atoms with Crippen molar-refractivity contribution < 1.29 is 9.53 Å². The van der Waals surface area contributed by atoms with Crippen LogP contribution in [0.25, 0.3) is 17.1 Å². The van der Waals surface area contributed by atoms with Gasteiger partial charge in [-0.25, -0.2) is 0 Å². The maximum Gasteiger partial charge on any atom is 0.316 e. The number of benzene rings is 2. The van der Waals surface area contributed by atoms with Gasteiger partial charge in [0.25, 0.3) is 0 Å². The smallest absolute Gasteiger partial charge is 0.316 e. The Bertz CT molecular complexity index is 788. The van der Waals surface area contributed by atoms with E-state index in [4.69, 9.17) is 4.74 Å². The molecule has 1 heterocycles. The summed E-state index contributed by atoms with van der Waals surface area (Å²) in [4.78, 5) is 11.4. The highest BCUT2D eigenvalue weighted by molar-refractivity contribution is 7.99. The highest BCUT2D eigenvalue weighted by Gasteiger charge is 2.16. The first-order valence-corrected chi connectivity index (χ1v) is 8.04. The van der Waals surface area contributed by atoms with Gasteiger partial charge in [-0.3, -0.25) is 9.36 Å². The van der Waals surface area contributed by atoms with Crippen LogP contribution < -0.4 is 0 Å². The van der Waals surface area contributed by atoms with E-state index in [-0.39, 0.29) is 11.7 Å². The highest BCUT2D eigenvalue weighted by atomic mass is 32.2. The average molecular weight is 325 g/mol. The van der Waals surface area contributed by atoms with Gasteiger partial charge in [0.15, 0.2) is 11.0 Å². The third-order valence-corrected chi connectivity index (χ3v) is 4.13. The second-order valence-electron chi connectivity index (χ2n) is 4.71. The van der Waals surface area contributed by atoms with E-state index in [1.807, 2.05) is 65.2 Å². The van der Waals surface area contributed by atoms with Crippen molar-refractivity contribution in [2.24, 2.45) is 0 Å². The summed E-state index contributed by atoms with van der Waals surface area (Å²) in [6.45, 7) is 0. The largest absolute Gasteiger partial charge is 0.468 e. The molecule has 0 saturated heterocycles. The van der Waals surface area contributed by atoms with Crippen LogP contribution in [0.5, 0.6) is 0 Å². The van der Waals surface area contributed by atoms with E-state index in [2.05, 4.69) is 10.2 Å². The van der Waals surface area contributed by atoms with Crippen molar-refractivity contribution in [3.05, 3.63) is 60.7 Å². The molecule has 116 valence electrons. The minimum absolute atomic E-state index is 0.191. The van der Waals surface area contributed by atoms with Crippen LogP contribution in [-0.2, 0) is 9.53 Å². The fourth-order valence-corrected chi connectivity index (χ4v) is 2.91. The fourth-order valence-electron chi connectivity index (χ4n) is 2.13. The predicted octanol–water partition coefficient (Wildman–Crippen LogP) is 3.20. The van der Waals surface area contributed by atoms with Gasteiger partial charge in [-0.05, 0) is 12.1 Å². The molecular weight excluding hydrogens is 310 g/mol. The number of nitrogens with zero attached hydrogens (tertiary/aromatic N) is 3. The summed E-state index contributed by atoms with van der Waals surface area (Å²) in [5.74, 6) is 0.638. The van der Waals surface area contributed by atoms with Gasteiger partial charge in [0.1, 0.15) is 0 Å². The first-order valence-electron chi connectivity index (χ1n) is 7.05.